The normalized spacial score (nSPS) is 17.7. The quantitative estimate of drug-likeness (QED) is 0.596. The summed E-state index contributed by atoms with van der Waals surface area (Å²) < 4.78 is 39.0. The van der Waals surface area contributed by atoms with Crippen molar-refractivity contribution in [3.8, 4) is 11.5 Å². The lowest BCUT2D eigenvalue weighted by molar-refractivity contribution is -0.139. The van der Waals surface area contributed by atoms with Gasteiger partial charge in [0.05, 0.1) is 12.8 Å². The molecule has 164 valence electrons. The van der Waals surface area contributed by atoms with Crippen LogP contribution in [0.5, 0.6) is 11.5 Å². The van der Waals surface area contributed by atoms with Gasteiger partial charge in [0.15, 0.2) is 6.10 Å². The first-order valence-corrected chi connectivity index (χ1v) is 10.0. The Balaban J connectivity index is 1.49. The standard InChI is InChI=1S/C21H23F2N5O3/c1-13(31-16-7-3-6-15(9-16)30-2)20(29)27-8-4-5-14(11-27)17-10-18(19(22)23)28-21(26-17)24-12-25-28/h3,6-7,9-10,12-14,19H,4-5,8,11H2,1-2H3/t13-,14-/m1/s1. The number of methoxy groups -OCH3 is 1. The zero-order valence-electron chi connectivity index (χ0n) is 17.2. The van der Waals surface area contributed by atoms with Gasteiger partial charge in [-0.2, -0.15) is 14.6 Å². The predicted molar refractivity (Wildman–Crippen MR) is 107 cm³/mol. The van der Waals surface area contributed by atoms with E-state index in [2.05, 4.69) is 15.1 Å². The molecule has 8 nitrogen and oxygen atoms in total. The first-order chi connectivity index (χ1) is 15.0. The second kappa shape index (κ2) is 8.83. The molecule has 1 aromatic carbocycles. The number of carbonyl (C=O) groups is 1. The van der Waals surface area contributed by atoms with Crippen molar-refractivity contribution in [3.05, 3.63) is 48.0 Å². The number of hydrogen-bond acceptors (Lipinski definition) is 6. The Morgan fingerprint density at radius 3 is 2.84 bits per heavy atom. The van der Waals surface area contributed by atoms with Gasteiger partial charge in [-0.05, 0) is 38.0 Å². The van der Waals surface area contributed by atoms with Crippen LogP contribution in [0.25, 0.3) is 5.78 Å². The summed E-state index contributed by atoms with van der Waals surface area (Å²) in [7, 11) is 1.56. The second-order valence-electron chi connectivity index (χ2n) is 7.44. The summed E-state index contributed by atoms with van der Waals surface area (Å²) in [5, 5.41) is 3.82. The number of amides is 1. The molecule has 0 N–H and O–H groups in total. The zero-order valence-corrected chi connectivity index (χ0v) is 17.2. The first kappa shape index (κ1) is 21.0. The van der Waals surface area contributed by atoms with E-state index in [0.29, 0.717) is 30.3 Å². The Kier molecular flexibility index (Phi) is 5.97. The maximum atomic E-state index is 13.5. The van der Waals surface area contributed by atoms with E-state index < -0.39 is 12.5 Å². The van der Waals surface area contributed by atoms with Crippen molar-refractivity contribution in [3.63, 3.8) is 0 Å². The highest BCUT2D eigenvalue weighted by Gasteiger charge is 2.30. The first-order valence-electron chi connectivity index (χ1n) is 10.0. The lowest BCUT2D eigenvalue weighted by atomic mass is 9.93. The van der Waals surface area contributed by atoms with E-state index in [1.807, 2.05) is 0 Å². The topological polar surface area (TPSA) is 81.9 Å². The molecule has 31 heavy (non-hydrogen) atoms. The van der Waals surface area contributed by atoms with Gasteiger partial charge in [-0.1, -0.05) is 6.07 Å². The number of fused-ring (bicyclic) bond motifs is 1. The van der Waals surface area contributed by atoms with E-state index in [1.165, 1.54) is 12.4 Å². The van der Waals surface area contributed by atoms with Crippen LogP contribution in [-0.2, 0) is 4.79 Å². The van der Waals surface area contributed by atoms with Gasteiger partial charge in [0.2, 0.25) is 0 Å². The molecule has 1 aliphatic heterocycles. The third-order valence-corrected chi connectivity index (χ3v) is 5.38. The Labute approximate surface area is 177 Å². The van der Waals surface area contributed by atoms with Crippen molar-refractivity contribution in [1.29, 1.82) is 0 Å². The van der Waals surface area contributed by atoms with Crippen molar-refractivity contribution in [2.45, 2.75) is 38.2 Å². The molecule has 0 spiro atoms. The highest BCUT2D eigenvalue weighted by atomic mass is 19.3. The van der Waals surface area contributed by atoms with Crippen LogP contribution in [0.2, 0.25) is 0 Å². The molecule has 10 heteroatoms. The predicted octanol–water partition coefficient (Wildman–Crippen LogP) is 3.24. The molecule has 1 saturated heterocycles. The SMILES string of the molecule is COc1cccc(O[C@H](C)C(=O)N2CCC[C@@H](c3cc(C(F)F)n4ncnc4n3)C2)c1. The van der Waals surface area contributed by atoms with Crippen molar-refractivity contribution >= 4 is 11.7 Å². The summed E-state index contributed by atoms with van der Waals surface area (Å²) in [6, 6.07) is 8.42. The Hall–Kier alpha value is -3.30. The molecule has 1 fully saturated rings. The van der Waals surface area contributed by atoms with E-state index in [9.17, 15) is 13.6 Å². The number of carbonyl (C=O) groups excluding carboxylic acids is 1. The Bertz CT molecular complexity index is 1070. The van der Waals surface area contributed by atoms with Crippen molar-refractivity contribution in [2.75, 3.05) is 20.2 Å². The van der Waals surface area contributed by atoms with Gasteiger partial charge < -0.3 is 14.4 Å². The summed E-state index contributed by atoms with van der Waals surface area (Å²) in [4.78, 5) is 23.0. The maximum Gasteiger partial charge on any atom is 0.280 e. The second-order valence-corrected chi connectivity index (χ2v) is 7.44. The molecule has 3 aromatic rings. The van der Waals surface area contributed by atoms with E-state index in [4.69, 9.17) is 9.47 Å². The zero-order chi connectivity index (χ0) is 22.0. The average molecular weight is 431 g/mol. The number of piperidine rings is 1. The molecule has 2 atom stereocenters. The number of likely N-dealkylation sites (tertiary alicyclic amines) is 1. The number of benzene rings is 1. The van der Waals surface area contributed by atoms with Gasteiger partial charge in [0.25, 0.3) is 18.1 Å². The molecule has 0 saturated carbocycles. The molecule has 0 bridgehead atoms. The smallest absolute Gasteiger partial charge is 0.280 e. The highest BCUT2D eigenvalue weighted by Crippen LogP contribution is 2.29. The minimum Gasteiger partial charge on any atom is -0.497 e. The molecule has 1 amide bonds. The lowest BCUT2D eigenvalue weighted by Crippen LogP contribution is -2.45. The van der Waals surface area contributed by atoms with Crippen LogP contribution in [0, 0.1) is 0 Å². The molecule has 0 aliphatic carbocycles. The molecular formula is C21H23F2N5O3. The molecule has 1 aliphatic rings. The van der Waals surface area contributed by atoms with Gasteiger partial charge in [-0.15, -0.1) is 0 Å². The van der Waals surface area contributed by atoms with Crippen LogP contribution < -0.4 is 9.47 Å². The van der Waals surface area contributed by atoms with Crippen LogP contribution >= 0.6 is 0 Å². The summed E-state index contributed by atoms with van der Waals surface area (Å²) in [5.74, 6) is 0.978. The fourth-order valence-corrected chi connectivity index (χ4v) is 3.82. The molecule has 4 rings (SSSR count). The highest BCUT2D eigenvalue weighted by molar-refractivity contribution is 5.81. The molecule has 2 aromatic heterocycles. The van der Waals surface area contributed by atoms with Gasteiger partial charge >= 0.3 is 0 Å². The summed E-state index contributed by atoms with van der Waals surface area (Å²) in [6.45, 7) is 2.65. The van der Waals surface area contributed by atoms with E-state index in [-0.39, 0.29) is 23.3 Å². The number of ether oxygens (including phenoxy) is 2. The lowest BCUT2D eigenvalue weighted by Gasteiger charge is -2.34. The number of aromatic nitrogens is 4. The molecule has 3 heterocycles. The summed E-state index contributed by atoms with van der Waals surface area (Å²) in [5.41, 5.74) is 0.241. The van der Waals surface area contributed by atoms with Crippen LogP contribution in [0.15, 0.2) is 36.7 Å². The number of halogens is 2. The van der Waals surface area contributed by atoms with Crippen LogP contribution in [0.3, 0.4) is 0 Å². The minimum atomic E-state index is -2.71. The Morgan fingerprint density at radius 1 is 1.26 bits per heavy atom. The number of nitrogens with zero attached hydrogens (tertiary/aromatic N) is 5. The number of rotatable bonds is 6. The van der Waals surface area contributed by atoms with Gasteiger partial charge in [-0.25, -0.2) is 13.8 Å². The molecule has 0 radical (unpaired) electrons. The van der Waals surface area contributed by atoms with Crippen LogP contribution in [0.1, 0.15) is 43.5 Å². The average Bonchev–Trinajstić information content (AvgIpc) is 3.26. The Morgan fingerprint density at radius 2 is 2.06 bits per heavy atom. The summed E-state index contributed by atoms with van der Waals surface area (Å²) >= 11 is 0. The third kappa shape index (κ3) is 4.42. The van der Waals surface area contributed by atoms with Crippen molar-refractivity contribution < 1.29 is 23.0 Å². The van der Waals surface area contributed by atoms with E-state index >= 15 is 0 Å². The van der Waals surface area contributed by atoms with E-state index in [0.717, 1.165) is 17.4 Å². The van der Waals surface area contributed by atoms with E-state index in [1.54, 1.807) is 43.2 Å². The van der Waals surface area contributed by atoms with Gasteiger partial charge in [-0.3, -0.25) is 4.79 Å². The van der Waals surface area contributed by atoms with Gasteiger partial charge in [0, 0.05) is 25.1 Å². The number of hydrogen-bond donors (Lipinski definition) is 0. The molecule has 0 unspecified atom stereocenters. The third-order valence-electron chi connectivity index (χ3n) is 5.38. The van der Waals surface area contributed by atoms with Crippen LogP contribution in [0.4, 0.5) is 8.78 Å². The van der Waals surface area contributed by atoms with Crippen molar-refractivity contribution in [1.82, 2.24) is 24.5 Å². The van der Waals surface area contributed by atoms with Crippen LogP contribution in [-0.4, -0.2) is 56.7 Å². The summed E-state index contributed by atoms with van der Waals surface area (Å²) in [6.07, 6.45) is -0.717. The number of alkyl halides is 2. The maximum absolute atomic E-state index is 13.5. The minimum absolute atomic E-state index is 0.131. The fraction of sp³-hybridized carbons (Fsp3) is 0.429. The monoisotopic (exact) mass is 431 g/mol. The largest absolute Gasteiger partial charge is 0.497 e. The van der Waals surface area contributed by atoms with Crippen molar-refractivity contribution in [2.24, 2.45) is 0 Å². The van der Waals surface area contributed by atoms with Gasteiger partial charge in [0.1, 0.15) is 23.5 Å². The fourth-order valence-electron chi connectivity index (χ4n) is 3.82. The molecular weight excluding hydrogens is 408 g/mol.